The fraction of sp³-hybridized carbons (Fsp3) is 0.104. The van der Waals surface area contributed by atoms with Crippen molar-refractivity contribution in [2.45, 2.75) is 38.0 Å². The molecule has 8 aromatic carbocycles. The Morgan fingerprint density at radius 1 is 0.443 bits per heavy atom. The third kappa shape index (κ3) is 6.64. The molecule has 11 aromatic rings. The van der Waals surface area contributed by atoms with Crippen molar-refractivity contribution in [1.29, 1.82) is 0 Å². The summed E-state index contributed by atoms with van der Waals surface area (Å²) in [6.07, 6.45) is 23.8. The summed E-state index contributed by atoms with van der Waals surface area (Å²) in [6.45, 7) is 0. The van der Waals surface area contributed by atoms with Gasteiger partial charge in [0.15, 0.2) is 0 Å². The van der Waals surface area contributed by atoms with Crippen LogP contribution in [0.4, 0.5) is 0 Å². The molecule has 3 aliphatic carbocycles. The number of fused-ring (bicyclic) bond motifs is 9. The van der Waals surface area contributed by atoms with Crippen LogP contribution in [0.5, 0.6) is 0 Å². The van der Waals surface area contributed by atoms with E-state index < -0.39 is 0 Å². The highest BCUT2D eigenvalue weighted by Gasteiger charge is 2.25. The largest absolute Gasteiger partial charge is 0.344 e. The quantitative estimate of drug-likeness (QED) is 0.151. The van der Waals surface area contributed by atoms with Gasteiger partial charge >= 0.3 is 0 Å². The van der Waals surface area contributed by atoms with Crippen LogP contribution in [0.2, 0.25) is 0 Å². The molecule has 0 saturated carbocycles. The van der Waals surface area contributed by atoms with Crippen molar-refractivity contribution in [2.75, 3.05) is 0 Å². The van der Waals surface area contributed by atoms with Crippen LogP contribution >= 0.6 is 0 Å². The highest BCUT2D eigenvalue weighted by Crippen LogP contribution is 2.44. The minimum Gasteiger partial charge on any atom is -0.344 e. The van der Waals surface area contributed by atoms with Crippen LogP contribution in [-0.2, 0) is 13.5 Å². The molecule has 0 N–H and O–H groups in total. The summed E-state index contributed by atoms with van der Waals surface area (Å²) >= 11 is 0. The lowest BCUT2D eigenvalue weighted by Crippen LogP contribution is -2.07. The maximum atomic E-state index is 2.60. The van der Waals surface area contributed by atoms with Crippen molar-refractivity contribution >= 4 is 71.7 Å². The third-order valence-corrected chi connectivity index (χ3v) is 15.5. The number of rotatable bonds is 7. The minimum atomic E-state index is 0.344. The first-order valence-electron chi connectivity index (χ1n) is 25.0. The van der Waals surface area contributed by atoms with Crippen LogP contribution in [0.15, 0.2) is 218 Å². The Morgan fingerprint density at radius 2 is 1.10 bits per heavy atom. The number of para-hydroxylation sites is 1. The number of hydrogen-bond donors (Lipinski definition) is 0. The highest BCUT2D eigenvalue weighted by molar-refractivity contribution is 6.13. The van der Waals surface area contributed by atoms with Gasteiger partial charge < -0.3 is 13.7 Å². The number of hydrogen-bond acceptors (Lipinski definition) is 0. The monoisotopic (exact) mass is 897 g/mol. The highest BCUT2D eigenvalue weighted by atomic mass is 15.0. The fourth-order valence-electron chi connectivity index (χ4n) is 12.0. The average Bonchev–Trinajstić information content (AvgIpc) is 4.05. The van der Waals surface area contributed by atoms with E-state index in [2.05, 4.69) is 245 Å². The van der Waals surface area contributed by atoms with Gasteiger partial charge in [0, 0.05) is 73.6 Å². The molecule has 0 saturated heterocycles. The Bertz CT molecular complexity index is 4080. The molecule has 3 heterocycles. The van der Waals surface area contributed by atoms with Gasteiger partial charge in [-0.15, -0.1) is 0 Å². The predicted molar refractivity (Wildman–Crippen MR) is 297 cm³/mol. The third-order valence-electron chi connectivity index (χ3n) is 15.5. The summed E-state index contributed by atoms with van der Waals surface area (Å²) in [5, 5.41) is 6.33. The number of benzene rings is 8. The molecule has 0 amide bonds. The predicted octanol–water partition coefficient (Wildman–Crippen LogP) is 17.5. The summed E-state index contributed by atoms with van der Waals surface area (Å²) < 4.78 is 7.39. The molecule has 0 spiro atoms. The SMILES string of the molecule is Cn1c2ccccc2c2cc(-n3c4ccc(-c5ccccc5)cc4c4cc(-c5ccc6c(c5)c5c(n6-c6cc(C7=CCCC=C7)cc(C7C=CC=CC7)c6)CCC(c6ccccc6)=C5)ccc43)ccc21. The lowest BCUT2D eigenvalue weighted by atomic mass is 9.88. The topological polar surface area (TPSA) is 14.8 Å². The van der Waals surface area contributed by atoms with E-state index in [-0.39, 0.29) is 0 Å². The van der Waals surface area contributed by atoms with Crippen LogP contribution in [-0.4, -0.2) is 13.7 Å². The van der Waals surface area contributed by atoms with E-state index in [9.17, 15) is 0 Å². The zero-order chi connectivity index (χ0) is 46.3. The van der Waals surface area contributed by atoms with Crippen LogP contribution < -0.4 is 0 Å². The molecule has 3 aliphatic rings. The van der Waals surface area contributed by atoms with Gasteiger partial charge in [-0.1, -0.05) is 146 Å². The molecular weight excluding hydrogens is 847 g/mol. The zero-order valence-corrected chi connectivity index (χ0v) is 39.3. The van der Waals surface area contributed by atoms with Gasteiger partial charge in [-0.2, -0.15) is 0 Å². The van der Waals surface area contributed by atoms with E-state index in [4.69, 9.17) is 0 Å². The first-order valence-corrected chi connectivity index (χ1v) is 25.0. The number of allylic oxidation sites excluding steroid dienone is 9. The number of nitrogens with zero attached hydrogens (tertiary/aromatic N) is 3. The normalized spacial score (nSPS) is 15.6. The molecule has 1 unspecified atom stereocenters. The Balaban J connectivity index is 0.971. The second kappa shape index (κ2) is 16.4. The summed E-state index contributed by atoms with van der Waals surface area (Å²) in [5.41, 5.74) is 22.8. The van der Waals surface area contributed by atoms with Crippen molar-refractivity contribution < 1.29 is 0 Å². The molecule has 70 heavy (non-hydrogen) atoms. The van der Waals surface area contributed by atoms with Gasteiger partial charge in [0.25, 0.3) is 0 Å². The van der Waals surface area contributed by atoms with Crippen molar-refractivity contribution in [3.8, 4) is 33.6 Å². The molecule has 0 fully saturated rings. The minimum absolute atomic E-state index is 0.344. The first-order chi connectivity index (χ1) is 34.6. The maximum absolute atomic E-state index is 2.60. The van der Waals surface area contributed by atoms with Crippen molar-refractivity contribution in [1.82, 2.24) is 13.7 Å². The van der Waals surface area contributed by atoms with Gasteiger partial charge in [-0.3, -0.25) is 0 Å². The Morgan fingerprint density at radius 3 is 1.83 bits per heavy atom. The van der Waals surface area contributed by atoms with E-state index in [0.29, 0.717) is 5.92 Å². The molecule has 14 rings (SSSR count). The lowest BCUT2D eigenvalue weighted by molar-refractivity contribution is 0.846. The fourth-order valence-corrected chi connectivity index (χ4v) is 12.0. The first kappa shape index (κ1) is 40.6. The molecule has 3 heteroatoms. The molecule has 0 bridgehead atoms. The lowest BCUT2D eigenvalue weighted by Gasteiger charge is -2.21. The Kier molecular flexibility index (Phi) is 9.52. The van der Waals surface area contributed by atoms with E-state index >= 15 is 0 Å². The summed E-state index contributed by atoms with van der Waals surface area (Å²) in [6, 6.07) is 66.3. The number of aryl methyl sites for hydroxylation is 1. The van der Waals surface area contributed by atoms with Gasteiger partial charge in [-0.25, -0.2) is 0 Å². The second-order valence-corrected chi connectivity index (χ2v) is 19.5. The molecule has 1 atom stereocenters. The van der Waals surface area contributed by atoms with Crippen molar-refractivity contribution in [3.63, 3.8) is 0 Å². The number of aromatic nitrogens is 3. The standard InChI is InChI=1S/C67H51N3/c1-68-62-25-15-14-24-56(62)61-43-54(30-35-63(61)68)69-64-31-26-48(44-16-6-2-7-17-44)39-57(64)59-41-50(28-33-65(59)69)51-29-34-67-60(42-51)58-40-49(45-18-8-3-9-19-45)27-32-66(58)70(67)55-37-52(46-20-10-4-11-21-46)36-53(38-55)47-22-12-5-13-23-47/h2-4,6-12,14-20,22-26,28-31,33-43,46H,5,13,21,27,32H2,1H3. The Labute approximate surface area is 408 Å². The van der Waals surface area contributed by atoms with Gasteiger partial charge in [0.05, 0.1) is 16.6 Å². The molecule has 334 valence electrons. The van der Waals surface area contributed by atoms with Crippen molar-refractivity contribution in [2.24, 2.45) is 7.05 Å². The second-order valence-electron chi connectivity index (χ2n) is 19.5. The molecule has 3 nitrogen and oxygen atoms in total. The summed E-state index contributed by atoms with van der Waals surface area (Å²) in [5.74, 6) is 0.344. The summed E-state index contributed by atoms with van der Waals surface area (Å²) in [4.78, 5) is 0. The maximum Gasteiger partial charge on any atom is 0.0541 e. The van der Waals surface area contributed by atoms with Crippen LogP contribution in [0, 0.1) is 0 Å². The van der Waals surface area contributed by atoms with Gasteiger partial charge in [0.2, 0.25) is 0 Å². The summed E-state index contributed by atoms with van der Waals surface area (Å²) in [7, 11) is 2.17. The van der Waals surface area contributed by atoms with E-state index in [0.717, 1.165) is 32.1 Å². The van der Waals surface area contributed by atoms with Crippen LogP contribution in [0.1, 0.15) is 59.5 Å². The molecule has 3 aromatic heterocycles. The zero-order valence-electron chi connectivity index (χ0n) is 39.3. The van der Waals surface area contributed by atoms with E-state index in [1.807, 2.05) is 0 Å². The van der Waals surface area contributed by atoms with Crippen LogP contribution in [0.25, 0.3) is 105 Å². The Hall–Kier alpha value is -8.40. The molecule has 0 aliphatic heterocycles. The average molecular weight is 898 g/mol. The smallest absolute Gasteiger partial charge is 0.0541 e. The van der Waals surface area contributed by atoms with Gasteiger partial charge in [0.1, 0.15) is 0 Å². The van der Waals surface area contributed by atoms with Crippen LogP contribution in [0.3, 0.4) is 0 Å². The molecular formula is C67H51N3. The van der Waals surface area contributed by atoms with E-state index in [1.165, 1.54) is 127 Å². The van der Waals surface area contributed by atoms with E-state index in [1.54, 1.807) is 0 Å². The molecule has 0 radical (unpaired) electrons. The van der Waals surface area contributed by atoms with Gasteiger partial charge in [-0.05, 0) is 161 Å². The van der Waals surface area contributed by atoms with Crippen molar-refractivity contribution in [3.05, 3.63) is 246 Å².